The van der Waals surface area contributed by atoms with Gasteiger partial charge < -0.3 is 15.2 Å². The van der Waals surface area contributed by atoms with Crippen molar-refractivity contribution in [2.24, 2.45) is 5.73 Å². The molecule has 6 nitrogen and oxygen atoms in total. The first-order chi connectivity index (χ1) is 14.0. The molecule has 3 aromatic rings. The molecule has 162 valence electrons. The Labute approximate surface area is 184 Å². The zero-order valence-corrected chi connectivity index (χ0v) is 19.2. The summed E-state index contributed by atoms with van der Waals surface area (Å²) in [5.74, 6) is 1.11. The van der Waals surface area contributed by atoms with E-state index in [4.69, 9.17) is 25.3 Å². The number of hydrogen-bond donors (Lipinski definition) is 1. The third kappa shape index (κ3) is 3.57. The first-order valence-electron chi connectivity index (χ1n) is 10.3. The molecular weight excluding hydrogens is 400 g/mol. The van der Waals surface area contributed by atoms with Gasteiger partial charge in [-0.15, -0.1) is 12.4 Å². The Morgan fingerprint density at radius 2 is 2.03 bits per heavy atom. The van der Waals surface area contributed by atoms with Crippen LogP contribution in [0.15, 0.2) is 18.2 Å². The lowest BCUT2D eigenvalue weighted by molar-refractivity contribution is 0.175. The van der Waals surface area contributed by atoms with Crippen LogP contribution in [0.3, 0.4) is 0 Å². The average Bonchev–Trinajstić information content (AvgIpc) is 3.24. The number of rotatable bonds is 6. The van der Waals surface area contributed by atoms with Gasteiger partial charge in [0.25, 0.3) is 0 Å². The number of fused-ring (bicyclic) bond motifs is 2. The van der Waals surface area contributed by atoms with Crippen LogP contribution in [0.5, 0.6) is 5.75 Å². The van der Waals surface area contributed by atoms with Gasteiger partial charge in [0.1, 0.15) is 5.75 Å². The number of methoxy groups -OCH3 is 2. The zero-order valence-electron chi connectivity index (χ0n) is 18.4. The lowest BCUT2D eigenvalue weighted by Crippen LogP contribution is -2.17. The summed E-state index contributed by atoms with van der Waals surface area (Å²) in [6, 6.07) is 6.12. The minimum Gasteiger partial charge on any atom is -0.497 e. The van der Waals surface area contributed by atoms with E-state index in [-0.39, 0.29) is 24.4 Å². The summed E-state index contributed by atoms with van der Waals surface area (Å²) in [5, 5.41) is 4.95. The first kappa shape index (κ1) is 22.5. The van der Waals surface area contributed by atoms with E-state index in [0.29, 0.717) is 6.61 Å². The second kappa shape index (κ2) is 8.92. The summed E-state index contributed by atoms with van der Waals surface area (Å²) in [6.07, 6.45) is 2.86. The number of hydrogen-bond acceptors (Lipinski definition) is 5. The zero-order chi connectivity index (χ0) is 20.7. The molecule has 2 heterocycles. The van der Waals surface area contributed by atoms with Gasteiger partial charge in [-0.25, -0.2) is 9.50 Å². The van der Waals surface area contributed by atoms with E-state index < -0.39 is 0 Å². The lowest BCUT2D eigenvalue weighted by Gasteiger charge is -2.20. The number of halogens is 1. The highest BCUT2D eigenvalue weighted by molar-refractivity contribution is 5.85. The van der Waals surface area contributed by atoms with Crippen LogP contribution in [-0.4, -0.2) is 35.4 Å². The molecule has 1 aromatic carbocycles. The molecule has 1 unspecified atom stereocenters. The Morgan fingerprint density at radius 1 is 1.27 bits per heavy atom. The molecule has 7 heteroatoms. The van der Waals surface area contributed by atoms with E-state index in [2.05, 4.69) is 37.4 Å². The van der Waals surface area contributed by atoms with Gasteiger partial charge in [-0.3, -0.25) is 0 Å². The van der Waals surface area contributed by atoms with Crippen molar-refractivity contribution in [3.63, 3.8) is 0 Å². The van der Waals surface area contributed by atoms with Crippen molar-refractivity contribution in [1.29, 1.82) is 0 Å². The predicted octanol–water partition coefficient (Wildman–Crippen LogP) is 4.53. The predicted molar refractivity (Wildman–Crippen MR) is 122 cm³/mol. The summed E-state index contributed by atoms with van der Waals surface area (Å²) in [6.45, 7) is 7.01. The van der Waals surface area contributed by atoms with Gasteiger partial charge in [0.05, 0.1) is 30.8 Å². The molecule has 0 aliphatic heterocycles. The highest BCUT2D eigenvalue weighted by atomic mass is 35.5. The Morgan fingerprint density at radius 3 is 2.67 bits per heavy atom. The topological polar surface area (TPSA) is 74.7 Å². The van der Waals surface area contributed by atoms with E-state index in [1.807, 2.05) is 6.07 Å². The van der Waals surface area contributed by atoms with Gasteiger partial charge in [-0.1, -0.05) is 13.0 Å². The fraction of sp³-hybridized carbons (Fsp3) is 0.478. The summed E-state index contributed by atoms with van der Waals surface area (Å²) in [7, 11) is 3.45. The Balaban J connectivity index is 0.00000256. The fourth-order valence-electron chi connectivity index (χ4n) is 4.60. The largest absolute Gasteiger partial charge is 0.497 e. The highest BCUT2D eigenvalue weighted by Crippen LogP contribution is 2.39. The lowest BCUT2D eigenvalue weighted by atomic mass is 9.96. The third-order valence-electron chi connectivity index (χ3n) is 6.12. The smallest absolute Gasteiger partial charge is 0.163 e. The van der Waals surface area contributed by atoms with Gasteiger partial charge in [-0.2, -0.15) is 5.10 Å². The number of nitrogens with two attached hydrogens (primary N) is 1. The monoisotopic (exact) mass is 430 g/mol. The van der Waals surface area contributed by atoms with Crippen LogP contribution in [0.2, 0.25) is 0 Å². The molecule has 2 aromatic heterocycles. The van der Waals surface area contributed by atoms with Crippen molar-refractivity contribution in [1.82, 2.24) is 14.6 Å². The van der Waals surface area contributed by atoms with Gasteiger partial charge in [0, 0.05) is 24.6 Å². The Kier molecular flexibility index (Phi) is 6.70. The SMILES string of the molecule is CC[C@H](COC)c1c2c(nc3c(-c4ccc(OC)cc4C)c(C)nn13)C(N)CC2.Cl. The standard InChI is InChI=1S/C23H30N4O2.ClH/c1-6-15(12-28-4)22-18-9-10-19(24)21(18)25-23-20(14(3)26-27(22)23)17-8-7-16(29-5)11-13(17)2;/h7-8,11,15,19H,6,9-10,12,24H2,1-5H3;1H/t15-,19?;/m1./s1. The van der Waals surface area contributed by atoms with E-state index in [1.54, 1.807) is 14.2 Å². The normalized spacial score (nSPS) is 16.4. The summed E-state index contributed by atoms with van der Waals surface area (Å²) >= 11 is 0. The molecule has 0 saturated heterocycles. The van der Waals surface area contributed by atoms with Crippen LogP contribution in [0, 0.1) is 13.8 Å². The number of nitrogens with zero attached hydrogens (tertiary/aromatic N) is 3. The molecule has 4 rings (SSSR count). The molecule has 0 fully saturated rings. The molecule has 2 N–H and O–H groups in total. The van der Waals surface area contributed by atoms with Crippen molar-refractivity contribution in [2.75, 3.05) is 20.8 Å². The van der Waals surface area contributed by atoms with Crippen LogP contribution >= 0.6 is 12.4 Å². The van der Waals surface area contributed by atoms with Crippen molar-refractivity contribution in [3.8, 4) is 16.9 Å². The number of aromatic nitrogens is 3. The van der Waals surface area contributed by atoms with Crippen molar-refractivity contribution in [3.05, 3.63) is 46.4 Å². The average molecular weight is 431 g/mol. The molecule has 0 saturated carbocycles. The molecule has 0 amide bonds. The second-order valence-corrected chi connectivity index (χ2v) is 7.94. The van der Waals surface area contributed by atoms with Crippen molar-refractivity contribution in [2.45, 2.75) is 52.0 Å². The van der Waals surface area contributed by atoms with Crippen LogP contribution in [0.25, 0.3) is 16.8 Å². The van der Waals surface area contributed by atoms with E-state index in [9.17, 15) is 0 Å². The maximum atomic E-state index is 6.45. The summed E-state index contributed by atoms with van der Waals surface area (Å²) in [4.78, 5) is 5.06. The third-order valence-corrected chi connectivity index (χ3v) is 6.12. The van der Waals surface area contributed by atoms with E-state index >= 15 is 0 Å². The van der Waals surface area contributed by atoms with Gasteiger partial charge >= 0.3 is 0 Å². The minimum absolute atomic E-state index is 0. The van der Waals surface area contributed by atoms with Crippen LogP contribution in [0.1, 0.15) is 59.9 Å². The molecule has 0 radical (unpaired) electrons. The van der Waals surface area contributed by atoms with Gasteiger partial charge in [0.2, 0.25) is 0 Å². The van der Waals surface area contributed by atoms with Crippen LogP contribution < -0.4 is 10.5 Å². The van der Waals surface area contributed by atoms with Gasteiger partial charge in [-0.05, 0) is 61.9 Å². The minimum atomic E-state index is -0.0196. The van der Waals surface area contributed by atoms with Crippen LogP contribution in [-0.2, 0) is 11.2 Å². The molecule has 0 bridgehead atoms. The molecule has 1 aliphatic carbocycles. The number of benzene rings is 1. The summed E-state index contributed by atoms with van der Waals surface area (Å²) < 4.78 is 13.0. The number of ether oxygens (including phenoxy) is 2. The van der Waals surface area contributed by atoms with E-state index in [0.717, 1.165) is 58.7 Å². The maximum absolute atomic E-state index is 6.45. The van der Waals surface area contributed by atoms with Crippen molar-refractivity contribution < 1.29 is 9.47 Å². The van der Waals surface area contributed by atoms with Crippen LogP contribution in [0.4, 0.5) is 0 Å². The quantitative estimate of drug-likeness (QED) is 0.621. The first-order valence-corrected chi connectivity index (χ1v) is 10.3. The highest BCUT2D eigenvalue weighted by Gasteiger charge is 2.31. The Bertz CT molecular complexity index is 1060. The Hall–Kier alpha value is -2.15. The molecule has 30 heavy (non-hydrogen) atoms. The molecular formula is C23H31ClN4O2. The summed E-state index contributed by atoms with van der Waals surface area (Å²) in [5.41, 5.74) is 15.1. The maximum Gasteiger partial charge on any atom is 0.163 e. The fourth-order valence-corrected chi connectivity index (χ4v) is 4.60. The molecule has 0 spiro atoms. The molecule has 2 atom stereocenters. The second-order valence-electron chi connectivity index (χ2n) is 7.94. The number of aryl methyl sites for hydroxylation is 2. The van der Waals surface area contributed by atoms with E-state index in [1.165, 1.54) is 11.3 Å². The van der Waals surface area contributed by atoms with Crippen molar-refractivity contribution >= 4 is 18.1 Å². The molecule has 1 aliphatic rings. The van der Waals surface area contributed by atoms with Gasteiger partial charge in [0.15, 0.2) is 5.65 Å².